The minimum atomic E-state index is -3.79. The summed E-state index contributed by atoms with van der Waals surface area (Å²) >= 11 is 0. The SMILES string of the molecule is O=[N+]([O-])c1cccc(/C=N/S(=O)(=O)c2ccccc2)c1. The largest absolute Gasteiger partial charge is 0.282 e. The molecule has 102 valence electrons. The smallest absolute Gasteiger partial charge is 0.258 e. The van der Waals surface area contributed by atoms with Gasteiger partial charge >= 0.3 is 0 Å². The van der Waals surface area contributed by atoms with Crippen LogP contribution in [0.5, 0.6) is 0 Å². The fourth-order valence-corrected chi connectivity index (χ4v) is 2.39. The summed E-state index contributed by atoms with van der Waals surface area (Å²) in [5.41, 5.74) is 0.227. The highest BCUT2D eigenvalue weighted by Crippen LogP contribution is 2.14. The number of rotatable bonds is 4. The first-order valence-corrected chi connectivity index (χ1v) is 7.03. The lowest BCUT2D eigenvalue weighted by molar-refractivity contribution is -0.384. The zero-order chi connectivity index (χ0) is 14.6. The van der Waals surface area contributed by atoms with Gasteiger partial charge in [-0.05, 0) is 12.1 Å². The van der Waals surface area contributed by atoms with E-state index in [1.165, 1.54) is 36.4 Å². The molecule has 0 fully saturated rings. The van der Waals surface area contributed by atoms with E-state index in [-0.39, 0.29) is 10.6 Å². The highest BCUT2D eigenvalue weighted by Gasteiger charge is 2.11. The van der Waals surface area contributed by atoms with Crippen LogP contribution in [0, 0.1) is 10.1 Å². The first-order chi connectivity index (χ1) is 9.49. The van der Waals surface area contributed by atoms with Gasteiger partial charge in [-0.2, -0.15) is 12.8 Å². The van der Waals surface area contributed by atoms with Gasteiger partial charge in [0.1, 0.15) is 0 Å². The van der Waals surface area contributed by atoms with Crippen molar-refractivity contribution in [3.63, 3.8) is 0 Å². The molecule has 20 heavy (non-hydrogen) atoms. The minimum Gasteiger partial charge on any atom is -0.258 e. The van der Waals surface area contributed by atoms with Crippen molar-refractivity contribution in [2.45, 2.75) is 4.90 Å². The van der Waals surface area contributed by atoms with E-state index >= 15 is 0 Å². The number of nitro benzene ring substituents is 1. The molecule has 0 spiro atoms. The molecule has 0 heterocycles. The van der Waals surface area contributed by atoms with Crippen LogP contribution in [0.25, 0.3) is 0 Å². The second-order valence-electron chi connectivity index (χ2n) is 3.87. The summed E-state index contributed by atoms with van der Waals surface area (Å²) in [6.45, 7) is 0. The van der Waals surface area contributed by atoms with Crippen molar-refractivity contribution < 1.29 is 13.3 Å². The summed E-state index contributed by atoms with van der Waals surface area (Å²) in [6, 6.07) is 13.3. The maximum Gasteiger partial charge on any atom is 0.282 e. The van der Waals surface area contributed by atoms with Crippen LogP contribution < -0.4 is 0 Å². The first-order valence-electron chi connectivity index (χ1n) is 5.59. The Morgan fingerprint density at radius 1 is 1.05 bits per heavy atom. The second kappa shape index (κ2) is 5.62. The molecule has 2 aromatic carbocycles. The molecule has 0 aliphatic carbocycles. The normalized spacial score (nSPS) is 11.6. The summed E-state index contributed by atoms with van der Waals surface area (Å²) in [4.78, 5) is 10.1. The fourth-order valence-electron chi connectivity index (χ4n) is 1.50. The minimum absolute atomic E-state index is 0.0710. The van der Waals surface area contributed by atoms with Crippen molar-refractivity contribution in [2.75, 3.05) is 0 Å². The third-order valence-corrected chi connectivity index (χ3v) is 3.71. The predicted octanol–water partition coefficient (Wildman–Crippen LogP) is 2.40. The van der Waals surface area contributed by atoms with E-state index in [4.69, 9.17) is 0 Å². The van der Waals surface area contributed by atoms with E-state index in [1.54, 1.807) is 18.2 Å². The van der Waals surface area contributed by atoms with E-state index in [0.29, 0.717) is 5.56 Å². The van der Waals surface area contributed by atoms with Gasteiger partial charge in [-0.3, -0.25) is 10.1 Å². The Morgan fingerprint density at radius 3 is 2.40 bits per heavy atom. The van der Waals surface area contributed by atoms with Crippen LogP contribution in [0.4, 0.5) is 5.69 Å². The Morgan fingerprint density at radius 2 is 1.75 bits per heavy atom. The van der Waals surface area contributed by atoms with Crippen molar-refractivity contribution in [1.29, 1.82) is 0 Å². The monoisotopic (exact) mass is 290 g/mol. The van der Waals surface area contributed by atoms with Gasteiger partial charge in [0.15, 0.2) is 0 Å². The van der Waals surface area contributed by atoms with Gasteiger partial charge in [0.05, 0.1) is 9.82 Å². The van der Waals surface area contributed by atoms with Gasteiger partial charge in [-0.25, -0.2) is 0 Å². The number of non-ortho nitro benzene ring substituents is 1. The van der Waals surface area contributed by atoms with E-state index in [2.05, 4.69) is 4.40 Å². The van der Waals surface area contributed by atoms with E-state index in [0.717, 1.165) is 6.21 Å². The summed E-state index contributed by atoms with van der Waals surface area (Å²) in [5, 5.41) is 10.6. The average Bonchev–Trinajstić information content (AvgIpc) is 2.46. The lowest BCUT2D eigenvalue weighted by Crippen LogP contribution is -1.97. The molecule has 0 saturated heterocycles. The molecule has 0 unspecified atom stereocenters. The number of nitrogens with zero attached hydrogens (tertiary/aromatic N) is 2. The number of benzene rings is 2. The predicted molar refractivity (Wildman–Crippen MR) is 74.3 cm³/mol. The fraction of sp³-hybridized carbons (Fsp3) is 0. The second-order valence-corrected chi connectivity index (χ2v) is 5.51. The Balaban J connectivity index is 2.30. The van der Waals surface area contributed by atoms with E-state index in [1.807, 2.05) is 0 Å². The van der Waals surface area contributed by atoms with Crippen molar-refractivity contribution >= 4 is 21.9 Å². The third kappa shape index (κ3) is 3.27. The third-order valence-electron chi connectivity index (χ3n) is 2.46. The molecule has 0 aliphatic rings. The Hall–Kier alpha value is -2.54. The molecule has 0 bridgehead atoms. The highest BCUT2D eigenvalue weighted by molar-refractivity contribution is 7.90. The Labute approximate surface area is 115 Å². The summed E-state index contributed by atoms with van der Waals surface area (Å²) in [6.07, 6.45) is 1.09. The van der Waals surface area contributed by atoms with Gasteiger partial charge in [0.25, 0.3) is 15.7 Å². The lowest BCUT2D eigenvalue weighted by atomic mass is 10.2. The Bertz CT molecular complexity index is 755. The maximum atomic E-state index is 11.9. The quantitative estimate of drug-likeness (QED) is 0.491. The van der Waals surface area contributed by atoms with Crippen LogP contribution in [0.15, 0.2) is 63.9 Å². The van der Waals surface area contributed by atoms with Gasteiger partial charge in [-0.1, -0.05) is 30.3 Å². The zero-order valence-electron chi connectivity index (χ0n) is 10.2. The highest BCUT2D eigenvalue weighted by atomic mass is 32.2. The number of nitro groups is 1. The standard InChI is InChI=1S/C13H10N2O4S/c16-15(17)12-6-4-5-11(9-12)10-14-20(18,19)13-7-2-1-3-8-13/h1-10H/b14-10+. The summed E-state index contributed by atoms with van der Waals surface area (Å²) in [7, 11) is -3.79. The van der Waals surface area contributed by atoms with Crippen LogP contribution >= 0.6 is 0 Å². The van der Waals surface area contributed by atoms with E-state index < -0.39 is 14.9 Å². The van der Waals surface area contributed by atoms with Crippen molar-refractivity contribution in [3.8, 4) is 0 Å². The van der Waals surface area contributed by atoms with Gasteiger partial charge < -0.3 is 0 Å². The number of sulfonamides is 1. The molecule has 0 aliphatic heterocycles. The maximum absolute atomic E-state index is 11.9. The van der Waals surface area contributed by atoms with Crippen molar-refractivity contribution in [2.24, 2.45) is 4.40 Å². The number of hydrogen-bond donors (Lipinski definition) is 0. The molecule has 0 amide bonds. The molecule has 0 saturated carbocycles. The van der Waals surface area contributed by atoms with Crippen LogP contribution in [0.3, 0.4) is 0 Å². The molecule has 2 rings (SSSR count). The molecule has 7 heteroatoms. The summed E-state index contributed by atoms with van der Waals surface area (Å²) < 4.78 is 27.3. The molecular weight excluding hydrogens is 280 g/mol. The first kappa shape index (κ1) is 13.9. The van der Waals surface area contributed by atoms with Crippen LogP contribution in [0.2, 0.25) is 0 Å². The van der Waals surface area contributed by atoms with Gasteiger partial charge in [-0.15, -0.1) is 0 Å². The van der Waals surface area contributed by atoms with E-state index in [9.17, 15) is 18.5 Å². The molecule has 0 radical (unpaired) electrons. The molecule has 6 nitrogen and oxygen atoms in total. The topological polar surface area (TPSA) is 89.6 Å². The van der Waals surface area contributed by atoms with Crippen LogP contribution in [-0.4, -0.2) is 19.6 Å². The van der Waals surface area contributed by atoms with Gasteiger partial charge in [0, 0.05) is 23.9 Å². The lowest BCUT2D eigenvalue weighted by Gasteiger charge is -1.97. The van der Waals surface area contributed by atoms with Gasteiger partial charge in [0.2, 0.25) is 0 Å². The molecule has 0 aromatic heterocycles. The molecular formula is C13H10N2O4S. The van der Waals surface area contributed by atoms with Crippen molar-refractivity contribution in [1.82, 2.24) is 0 Å². The van der Waals surface area contributed by atoms with Crippen LogP contribution in [-0.2, 0) is 10.0 Å². The summed E-state index contributed by atoms with van der Waals surface area (Å²) in [5.74, 6) is 0. The molecule has 2 aromatic rings. The Kier molecular flexibility index (Phi) is 3.90. The van der Waals surface area contributed by atoms with Crippen LogP contribution in [0.1, 0.15) is 5.56 Å². The van der Waals surface area contributed by atoms with Crippen molar-refractivity contribution in [3.05, 3.63) is 70.3 Å². The number of hydrogen-bond acceptors (Lipinski definition) is 4. The molecule has 0 atom stereocenters. The zero-order valence-corrected chi connectivity index (χ0v) is 11.0. The average molecular weight is 290 g/mol. The molecule has 0 N–H and O–H groups in total.